The molecule has 0 spiro atoms. The molecule has 5 nitrogen and oxygen atoms in total. The molecule has 0 aliphatic heterocycles. The first-order valence-corrected chi connectivity index (χ1v) is 10.3. The molecule has 168 valence electrons. The Morgan fingerprint density at radius 1 is 0.879 bits per heavy atom. The SMILES string of the molecule is CC(=O)c1ccc(OCCOc2c(-c3ccc(F)cc3)n(C)c3ccc(F)cc3c2=O)cc1. The highest BCUT2D eigenvalue weighted by Crippen LogP contribution is 2.30. The zero-order chi connectivity index (χ0) is 23.5. The van der Waals surface area contributed by atoms with E-state index in [1.54, 1.807) is 48.0 Å². The molecule has 0 unspecified atom stereocenters. The van der Waals surface area contributed by atoms with Crippen LogP contribution in [0.25, 0.3) is 22.2 Å². The largest absolute Gasteiger partial charge is 0.490 e. The van der Waals surface area contributed by atoms with E-state index in [4.69, 9.17) is 9.47 Å². The van der Waals surface area contributed by atoms with Gasteiger partial charge in [0.25, 0.3) is 0 Å². The van der Waals surface area contributed by atoms with Crippen molar-refractivity contribution in [2.24, 2.45) is 7.05 Å². The van der Waals surface area contributed by atoms with Gasteiger partial charge in [0.1, 0.15) is 30.6 Å². The van der Waals surface area contributed by atoms with Crippen LogP contribution in [0.3, 0.4) is 0 Å². The molecule has 1 heterocycles. The van der Waals surface area contributed by atoms with Crippen LogP contribution in [0.2, 0.25) is 0 Å². The first-order chi connectivity index (χ1) is 15.8. The lowest BCUT2D eigenvalue weighted by molar-refractivity contribution is 0.101. The van der Waals surface area contributed by atoms with Crippen molar-refractivity contribution in [1.82, 2.24) is 4.57 Å². The van der Waals surface area contributed by atoms with E-state index in [1.165, 1.54) is 37.3 Å². The summed E-state index contributed by atoms with van der Waals surface area (Å²) < 4.78 is 40.5. The number of halogens is 2. The van der Waals surface area contributed by atoms with Gasteiger partial charge in [-0.2, -0.15) is 0 Å². The van der Waals surface area contributed by atoms with Crippen LogP contribution in [0.4, 0.5) is 8.78 Å². The molecule has 7 heteroatoms. The Balaban J connectivity index is 1.64. The van der Waals surface area contributed by atoms with Crippen molar-refractivity contribution in [3.05, 3.63) is 94.2 Å². The fourth-order valence-corrected chi connectivity index (χ4v) is 3.64. The van der Waals surface area contributed by atoms with Crippen molar-refractivity contribution in [1.29, 1.82) is 0 Å². The Bertz CT molecular complexity index is 1380. The molecule has 33 heavy (non-hydrogen) atoms. The molecule has 0 atom stereocenters. The van der Waals surface area contributed by atoms with Gasteiger partial charge in [-0.25, -0.2) is 8.78 Å². The Hall–Kier alpha value is -4.00. The summed E-state index contributed by atoms with van der Waals surface area (Å²) >= 11 is 0. The Labute approximate surface area is 188 Å². The third-order valence-electron chi connectivity index (χ3n) is 5.30. The summed E-state index contributed by atoms with van der Waals surface area (Å²) in [6.45, 7) is 1.66. The number of hydrogen-bond acceptors (Lipinski definition) is 4. The van der Waals surface area contributed by atoms with E-state index in [0.717, 1.165) is 0 Å². The minimum absolute atomic E-state index is 0.0257. The molecule has 4 aromatic rings. The third kappa shape index (κ3) is 4.62. The Morgan fingerprint density at radius 2 is 1.52 bits per heavy atom. The van der Waals surface area contributed by atoms with Gasteiger partial charge in [0.15, 0.2) is 11.5 Å². The third-order valence-corrected chi connectivity index (χ3v) is 5.30. The van der Waals surface area contributed by atoms with Gasteiger partial charge in [-0.15, -0.1) is 0 Å². The Morgan fingerprint density at radius 3 is 2.18 bits per heavy atom. The average Bonchev–Trinajstić information content (AvgIpc) is 2.81. The van der Waals surface area contributed by atoms with Gasteiger partial charge in [0.2, 0.25) is 5.43 Å². The summed E-state index contributed by atoms with van der Waals surface area (Å²) in [4.78, 5) is 24.6. The predicted molar refractivity (Wildman–Crippen MR) is 122 cm³/mol. The molecule has 0 aliphatic rings. The van der Waals surface area contributed by atoms with Crippen LogP contribution >= 0.6 is 0 Å². The molecule has 0 aliphatic carbocycles. The van der Waals surface area contributed by atoms with Crippen LogP contribution in [-0.2, 0) is 7.05 Å². The number of ketones is 1. The number of hydrogen-bond donors (Lipinski definition) is 0. The molecule has 0 saturated heterocycles. The number of aryl methyl sites for hydroxylation is 1. The lowest BCUT2D eigenvalue weighted by Crippen LogP contribution is -2.18. The molecule has 0 N–H and O–H groups in total. The zero-order valence-corrected chi connectivity index (χ0v) is 18.1. The molecular formula is C26H21F2NO4. The molecule has 0 radical (unpaired) electrons. The predicted octanol–water partition coefficient (Wildman–Crippen LogP) is 5.14. The molecular weight excluding hydrogens is 428 g/mol. The van der Waals surface area contributed by atoms with Gasteiger partial charge in [-0.1, -0.05) is 0 Å². The number of Topliss-reactive ketones (excluding diaryl/α,β-unsaturated/α-hetero) is 1. The van der Waals surface area contributed by atoms with Gasteiger partial charge < -0.3 is 14.0 Å². The van der Waals surface area contributed by atoms with Gasteiger partial charge in [-0.05, 0) is 73.7 Å². The maximum absolute atomic E-state index is 13.8. The molecule has 0 saturated carbocycles. The lowest BCUT2D eigenvalue weighted by atomic mass is 10.1. The summed E-state index contributed by atoms with van der Waals surface area (Å²) in [5.41, 5.74) is 1.67. The number of pyridine rings is 1. The maximum atomic E-state index is 13.8. The van der Waals surface area contributed by atoms with Crippen LogP contribution in [0.1, 0.15) is 17.3 Å². The zero-order valence-electron chi connectivity index (χ0n) is 18.1. The van der Waals surface area contributed by atoms with Crippen LogP contribution in [0.5, 0.6) is 11.5 Å². The fourth-order valence-electron chi connectivity index (χ4n) is 3.64. The van der Waals surface area contributed by atoms with Crippen LogP contribution in [-0.4, -0.2) is 23.6 Å². The second-order valence-corrected chi connectivity index (χ2v) is 7.51. The summed E-state index contributed by atoms with van der Waals surface area (Å²) in [6, 6.07) is 16.4. The van der Waals surface area contributed by atoms with Crippen molar-refractivity contribution in [2.75, 3.05) is 13.2 Å². The maximum Gasteiger partial charge on any atom is 0.231 e. The van der Waals surface area contributed by atoms with Crippen LogP contribution in [0.15, 0.2) is 71.5 Å². The van der Waals surface area contributed by atoms with Crippen molar-refractivity contribution in [3.8, 4) is 22.8 Å². The minimum Gasteiger partial charge on any atom is -0.490 e. The van der Waals surface area contributed by atoms with Crippen LogP contribution < -0.4 is 14.9 Å². The molecule has 3 aromatic carbocycles. The van der Waals surface area contributed by atoms with Crippen molar-refractivity contribution in [2.45, 2.75) is 6.92 Å². The van der Waals surface area contributed by atoms with Crippen LogP contribution in [0, 0.1) is 11.6 Å². The first kappa shape index (κ1) is 22.2. The van der Waals surface area contributed by atoms with E-state index in [-0.39, 0.29) is 30.1 Å². The highest BCUT2D eigenvalue weighted by Gasteiger charge is 2.19. The van der Waals surface area contributed by atoms with E-state index in [2.05, 4.69) is 0 Å². The van der Waals surface area contributed by atoms with Gasteiger partial charge >= 0.3 is 0 Å². The number of ether oxygens (including phenoxy) is 2. The van der Waals surface area contributed by atoms with E-state index in [9.17, 15) is 18.4 Å². The van der Waals surface area contributed by atoms with Crippen molar-refractivity contribution in [3.63, 3.8) is 0 Å². The first-order valence-electron chi connectivity index (χ1n) is 10.3. The molecule has 0 amide bonds. The monoisotopic (exact) mass is 449 g/mol. The van der Waals surface area contributed by atoms with Crippen molar-refractivity contribution < 1.29 is 23.0 Å². The molecule has 1 aromatic heterocycles. The molecule has 0 fully saturated rings. The molecule has 0 bridgehead atoms. The highest BCUT2D eigenvalue weighted by atomic mass is 19.1. The summed E-state index contributed by atoms with van der Waals surface area (Å²) in [6.07, 6.45) is 0. The van der Waals surface area contributed by atoms with E-state index in [0.29, 0.717) is 28.1 Å². The standard InChI is InChI=1S/C26H21F2NO4/c1-16(30)17-5-10-21(11-6-17)32-13-14-33-26-24(18-3-7-19(27)8-4-18)29(2)23-12-9-20(28)15-22(23)25(26)31/h3-12,15H,13-14H2,1-2H3. The number of carbonyl (C=O) groups excluding carboxylic acids is 1. The number of aromatic nitrogens is 1. The molecule has 4 rings (SSSR count). The second-order valence-electron chi connectivity index (χ2n) is 7.51. The normalized spacial score (nSPS) is 10.9. The number of rotatable bonds is 7. The number of carbonyl (C=O) groups is 1. The highest BCUT2D eigenvalue weighted by molar-refractivity contribution is 5.94. The second kappa shape index (κ2) is 9.24. The van der Waals surface area contributed by atoms with Gasteiger partial charge in [0.05, 0.1) is 16.6 Å². The fraction of sp³-hybridized carbons (Fsp3) is 0.154. The summed E-state index contributed by atoms with van der Waals surface area (Å²) in [7, 11) is 1.73. The Kier molecular flexibility index (Phi) is 6.22. The van der Waals surface area contributed by atoms with Gasteiger partial charge in [0, 0.05) is 18.2 Å². The smallest absolute Gasteiger partial charge is 0.231 e. The number of nitrogens with zero attached hydrogens (tertiary/aromatic N) is 1. The van der Waals surface area contributed by atoms with Crippen molar-refractivity contribution >= 4 is 16.7 Å². The van der Waals surface area contributed by atoms with Gasteiger partial charge in [-0.3, -0.25) is 9.59 Å². The average molecular weight is 449 g/mol. The topological polar surface area (TPSA) is 57.5 Å². The number of benzene rings is 3. The summed E-state index contributed by atoms with van der Waals surface area (Å²) in [5, 5.41) is 0.180. The summed E-state index contributed by atoms with van der Waals surface area (Å²) in [5.74, 6) is -0.397. The minimum atomic E-state index is -0.530. The van der Waals surface area contributed by atoms with E-state index in [1.807, 2.05) is 0 Å². The van der Waals surface area contributed by atoms with E-state index < -0.39 is 17.1 Å². The van der Waals surface area contributed by atoms with E-state index >= 15 is 0 Å². The quantitative estimate of drug-likeness (QED) is 0.289. The lowest BCUT2D eigenvalue weighted by Gasteiger charge is -2.18. The number of fused-ring (bicyclic) bond motifs is 1.